The predicted molar refractivity (Wildman–Crippen MR) is 69.6 cm³/mol. The predicted octanol–water partition coefficient (Wildman–Crippen LogP) is 1.42. The molecule has 0 atom stereocenters. The molecule has 0 aromatic carbocycles. The molecule has 2 N–H and O–H groups in total. The maximum absolute atomic E-state index is 5.64. The van der Waals surface area contributed by atoms with Crippen molar-refractivity contribution in [3.05, 3.63) is 12.2 Å². The van der Waals surface area contributed by atoms with Crippen LogP contribution in [-0.2, 0) is 6.54 Å². The van der Waals surface area contributed by atoms with Gasteiger partial charge in [0.05, 0.1) is 6.54 Å². The summed E-state index contributed by atoms with van der Waals surface area (Å²) < 4.78 is 1.98. The highest BCUT2D eigenvalue weighted by Crippen LogP contribution is 2.08. The summed E-state index contributed by atoms with van der Waals surface area (Å²) in [7, 11) is 0. The highest BCUT2D eigenvalue weighted by Gasteiger charge is 2.11. The summed E-state index contributed by atoms with van der Waals surface area (Å²) in [6.45, 7) is 9.99. The lowest BCUT2D eigenvalue weighted by molar-refractivity contribution is 0.254. The van der Waals surface area contributed by atoms with Gasteiger partial charge in [0, 0.05) is 19.1 Å². The van der Waals surface area contributed by atoms with Crippen LogP contribution in [0.4, 0.5) is 0 Å². The van der Waals surface area contributed by atoms with Gasteiger partial charge in [0.1, 0.15) is 12.2 Å². The number of rotatable bonds is 8. The molecule has 98 valence electrons. The van der Waals surface area contributed by atoms with E-state index in [9.17, 15) is 0 Å². The lowest BCUT2D eigenvalue weighted by atomic mass is 10.3. The van der Waals surface area contributed by atoms with Gasteiger partial charge in [-0.25, -0.2) is 9.67 Å². The van der Waals surface area contributed by atoms with Crippen LogP contribution in [0.5, 0.6) is 0 Å². The average molecular weight is 239 g/mol. The minimum Gasteiger partial charge on any atom is -0.329 e. The maximum atomic E-state index is 5.64. The first-order chi connectivity index (χ1) is 8.19. The Bertz CT molecular complexity index is 308. The Morgan fingerprint density at radius 1 is 1.41 bits per heavy atom. The standard InChI is InChI=1S/C12H25N5/c1-4-5-7-16(8-6-13)9-12-14-10-15-17(12)11(2)3/h10-11H,4-9,13H2,1-3H3. The van der Waals surface area contributed by atoms with Crippen molar-refractivity contribution in [2.75, 3.05) is 19.6 Å². The van der Waals surface area contributed by atoms with Crippen molar-refractivity contribution in [3.63, 3.8) is 0 Å². The zero-order valence-corrected chi connectivity index (χ0v) is 11.3. The van der Waals surface area contributed by atoms with Gasteiger partial charge in [0.15, 0.2) is 0 Å². The van der Waals surface area contributed by atoms with Crippen molar-refractivity contribution in [2.24, 2.45) is 5.73 Å². The SMILES string of the molecule is CCCCN(CCN)Cc1ncnn1C(C)C. The molecule has 0 radical (unpaired) electrons. The molecular formula is C12H25N5. The Balaban J connectivity index is 2.61. The van der Waals surface area contributed by atoms with Gasteiger partial charge in [0.2, 0.25) is 0 Å². The molecule has 17 heavy (non-hydrogen) atoms. The molecular weight excluding hydrogens is 214 g/mol. The van der Waals surface area contributed by atoms with Crippen molar-refractivity contribution in [1.29, 1.82) is 0 Å². The molecule has 0 unspecified atom stereocenters. The van der Waals surface area contributed by atoms with E-state index in [0.717, 1.165) is 25.5 Å². The van der Waals surface area contributed by atoms with E-state index in [1.807, 2.05) is 4.68 Å². The van der Waals surface area contributed by atoms with Crippen molar-refractivity contribution < 1.29 is 0 Å². The molecule has 1 heterocycles. The highest BCUT2D eigenvalue weighted by atomic mass is 15.4. The molecule has 0 amide bonds. The summed E-state index contributed by atoms with van der Waals surface area (Å²) in [6.07, 6.45) is 4.05. The number of nitrogens with two attached hydrogens (primary N) is 1. The Kier molecular flexibility index (Phi) is 6.15. The smallest absolute Gasteiger partial charge is 0.141 e. The molecule has 0 spiro atoms. The molecule has 0 fully saturated rings. The molecule has 0 saturated carbocycles. The Labute approximate surface area is 104 Å². The lowest BCUT2D eigenvalue weighted by Crippen LogP contribution is -2.31. The van der Waals surface area contributed by atoms with Crippen molar-refractivity contribution in [3.8, 4) is 0 Å². The molecule has 5 heteroatoms. The first-order valence-corrected chi connectivity index (χ1v) is 6.49. The highest BCUT2D eigenvalue weighted by molar-refractivity contribution is 4.86. The van der Waals surface area contributed by atoms with E-state index in [0.29, 0.717) is 12.6 Å². The van der Waals surface area contributed by atoms with Crippen LogP contribution < -0.4 is 5.73 Å². The van der Waals surface area contributed by atoms with Crippen molar-refractivity contribution >= 4 is 0 Å². The monoisotopic (exact) mass is 239 g/mol. The Hall–Kier alpha value is -0.940. The molecule has 1 rings (SSSR count). The molecule has 0 bridgehead atoms. The molecule has 1 aromatic rings. The number of nitrogens with zero attached hydrogens (tertiary/aromatic N) is 4. The third-order valence-electron chi connectivity index (χ3n) is 2.77. The fraction of sp³-hybridized carbons (Fsp3) is 0.833. The second kappa shape index (κ2) is 7.40. The quantitative estimate of drug-likeness (QED) is 0.745. The van der Waals surface area contributed by atoms with Gasteiger partial charge in [-0.1, -0.05) is 13.3 Å². The minimum atomic E-state index is 0.360. The van der Waals surface area contributed by atoms with E-state index < -0.39 is 0 Å². The molecule has 0 aliphatic carbocycles. The van der Waals surface area contributed by atoms with Crippen LogP contribution in [0.1, 0.15) is 45.5 Å². The van der Waals surface area contributed by atoms with Gasteiger partial charge >= 0.3 is 0 Å². The van der Waals surface area contributed by atoms with Crippen LogP contribution in [0.3, 0.4) is 0 Å². The van der Waals surface area contributed by atoms with E-state index in [1.54, 1.807) is 6.33 Å². The minimum absolute atomic E-state index is 0.360. The van der Waals surface area contributed by atoms with Crippen LogP contribution in [0, 0.1) is 0 Å². The molecule has 0 saturated heterocycles. The maximum Gasteiger partial charge on any atom is 0.141 e. The van der Waals surface area contributed by atoms with E-state index in [1.165, 1.54) is 12.8 Å². The largest absolute Gasteiger partial charge is 0.329 e. The van der Waals surface area contributed by atoms with Gasteiger partial charge in [-0.2, -0.15) is 5.10 Å². The second-order valence-electron chi connectivity index (χ2n) is 4.63. The van der Waals surface area contributed by atoms with Crippen molar-refractivity contribution in [2.45, 2.75) is 46.2 Å². The fourth-order valence-electron chi connectivity index (χ4n) is 1.85. The van der Waals surface area contributed by atoms with E-state index in [-0.39, 0.29) is 0 Å². The molecule has 0 aliphatic heterocycles. The average Bonchev–Trinajstić information content (AvgIpc) is 2.74. The zero-order valence-electron chi connectivity index (χ0n) is 11.3. The number of aromatic nitrogens is 3. The van der Waals surface area contributed by atoms with Crippen LogP contribution in [-0.4, -0.2) is 39.3 Å². The summed E-state index contributed by atoms with van der Waals surface area (Å²) >= 11 is 0. The number of hydrogen-bond donors (Lipinski definition) is 1. The van der Waals surface area contributed by atoms with E-state index in [2.05, 4.69) is 35.8 Å². The van der Waals surface area contributed by atoms with Gasteiger partial charge in [-0.3, -0.25) is 4.90 Å². The third-order valence-corrected chi connectivity index (χ3v) is 2.77. The van der Waals surface area contributed by atoms with Crippen LogP contribution in [0.15, 0.2) is 6.33 Å². The summed E-state index contributed by atoms with van der Waals surface area (Å²) in [5.41, 5.74) is 5.64. The Morgan fingerprint density at radius 2 is 2.18 bits per heavy atom. The van der Waals surface area contributed by atoms with Gasteiger partial charge in [-0.15, -0.1) is 0 Å². The number of hydrogen-bond acceptors (Lipinski definition) is 4. The molecule has 0 aliphatic rings. The van der Waals surface area contributed by atoms with Crippen molar-refractivity contribution in [1.82, 2.24) is 19.7 Å². The van der Waals surface area contributed by atoms with Gasteiger partial charge in [-0.05, 0) is 26.8 Å². The second-order valence-corrected chi connectivity index (χ2v) is 4.63. The topological polar surface area (TPSA) is 60.0 Å². The first kappa shape index (κ1) is 14.1. The lowest BCUT2D eigenvalue weighted by Gasteiger charge is -2.21. The number of unbranched alkanes of at least 4 members (excludes halogenated alkanes) is 1. The van der Waals surface area contributed by atoms with Gasteiger partial charge in [0.25, 0.3) is 0 Å². The Morgan fingerprint density at radius 3 is 2.76 bits per heavy atom. The zero-order chi connectivity index (χ0) is 12.7. The summed E-state index contributed by atoms with van der Waals surface area (Å²) in [5, 5.41) is 4.26. The van der Waals surface area contributed by atoms with Crippen LogP contribution in [0.25, 0.3) is 0 Å². The van der Waals surface area contributed by atoms with E-state index in [4.69, 9.17) is 5.73 Å². The first-order valence-electron chi connectivity index (χ1n) is 6.49. The van der Waals surface area contributed by atoms with Gasteiger partial charge < -0.3 is 5.73 Å². The normalized spacial score (nSPS) is 11.6. The molecule has 5 nitrogen and oxygen atoms in total. The third kappa shape index (κ3) is 4.44. The molecule has 1 aromatic heterocycles. The summed E-state index contributed by atoms with van der Waals surface area (Å²) in [6, 6.07) is 0.360. The van der Waals surface area contributed by atoms with Crippen LogP contribution >= 0.6 is 0 Å². The van der Waals surface area contributed by atoms with Crippen LogP contribution in [0.2, 0.25) is 0 Å². The summed E-state index contributed by atoms with van der Waals surface area (Å²) in [4.78, 5) is 6.69. The summed E-state index contributed by atoms with van der Waals surface area (Å²) in [5.74, 6) is 1.03. The van der Waals surface area contributed by atoms with E-state index >= 15 is 0 Å². The fourth-order valence-corrected chi connectivity index (χ4v) is 1.85.